The number of fused-ring (bicyclic) bond motifs is 1. The average Bonchev–Trinajstić information content (AvgIpc) is 3.36. The van der Waals surface area contributed by atoms with Gasteiger partial charge in [-0.15, -0.1) is 5.10 Å². The summed E-state index contributed by atoms with van der Waals surface area (Å²) >= 11 is 0. The SMILES string of the molecule is O=S(=O)(C1CC1)N1CCn2nnc(COc3cccnc3)c2C1. The Morgan fingerprint density at radius 2 is 2.17 bits per heavy atom. The van der Waals surface area contributed by atoms with Gasteiger partial charge in [-0.2, -0.15) is 4.31 Å². The van der Waals surface area contributed by atoms with Crippen molar-refractivity contribution in [1.82, 2.24) is 24.3 Å². The van der Waals surface area contributed by atoms with Crippen LogP contribution in [0.5, 0.6) is 5.75 Å². The van der Waals surface area contributed by atoms with E-state index < -0.39 is 10.0 Å². The molecule has 3 heterocycles. The summed E-state index contributed by atoms with van der Waals surface area (Å²) in [7, 11) is -3.18. The summed E-state index contributed by atoms with van der Waals surface area (Å²) in [5.74, 6) is 0.646. The maximum atomic E-state index is 12.4. The third-order valence-corrected chi connectivity index (χ3v) is 6.47. The molecule has 0 amide bonds. The first-order valence-corrected chi connectivity index (χ1v) is 9.08. The summed E-state index contributed by atoms with van der Waals surface area (Å²) in [5, 5.41) is 8.04. The van der Waals surface area contributed by atoms with Crippen LogP contribution in [0.3, 0.4) is 0 Å². The summed E-state index contributed by atoms with van der Waals surface area (Å²) < 4.78 is 33.8. The Balaban J connectivity index is 1.50. The van der Waals surface area contributed by atoms with E-state index in [1.165, 1.54) is 0 Å². The minimum Gasteiger partial charge on any atom is -0.486 e. The molecule has 1 aliphatic heterocycles. The van der Waals surface area contributed by atoms with Gasteiger partial charge in [0, 0.05) is 12.7 Å². The van der Waals surface area contributed by atoms with E-state index in [1.807, 2.05) is 6.07 Å². The topological polar surface area (TPSA) is 90.2 Å². The highest BCUT2D eigenvalue weighted by Gasteiger charge is 2.41. The van der Waals surface area contributed by atoms with Gasteiger partial charge in [-0.3, -0.25) is 4.98 Å². The number of hydrogen-bond acceptors (Lipinski definition) is 6. The molecule has 0 bridgehead atoms. The molecule has 23 heavy (non-hydrogen) atoms. The molecule has 0 unspecified atom stereocenters. The number of hydrogen-bond donors (Lipinski definition) is 0. The third kappa shape index (κ3) is 2.81. The number of sulfonamides is 1. The molecule has 0 saturated heterocycles. The molecule has 4 rings (SSSR count). The van der Waals surface area contributed by atoms with Crippen LogP contribution in [-0.4, -0.2) is 44.5 Å². The highest BCUT2D eigenvalue weighted by molar-refractivity contribution is 7.90. The van der Waals surface area contributed by atoms with Gasteiger partial charge in [0.05, 0.1) is 30.2 Å². The molecule has 122 valence electrons. The Hall–Kier alpha value is -2.00. The van der Waals surface area contributed by atoms with E-state index in [2.05, 4.69) is 15.3 Å². The highest BCUT2D eigenvalue weighted by Crippen LogP contribution is 2.32. The van der Waals surface area contributed by atoms with Crippen molar-refractivity contribution < 1.29 is 13.2 Å². The van der Waals surface area contributed by atoms with Crippen LogP contribution in [-0.2, 0) is 29.7 Å². The zero-order chi connectivity index (χ0) is 15.9. The quantitative estimate of drug-likeness (QED) is 0.793. The van der Waals surface area contributed by atoms with Gasteiger partial charge in [0.25, 0.3) is 0 Å². The monoisotopic (exact) mass is 335 g/mol. The molecule has 8 nitrogen and oxygen atoms in total. The van der Waals surface area contributed by atoms with E-state index in [0.717, 1.165) is 18.5 Å². The zero-order valence-corrected chi connectivity index (χ0v) is 13.3. The van der Waals surface area contributed by atoms with Gasteiger partial charge in [0.2, 0.25) is 10.0 Å². The van der Waals surface area contributed by atoms with Crippen molar-refractivity contribution in [2.45, 2.75) is 37.8 Å². The lowest BCUT2D eigenvalue weighted by atomic mass is 10.3. The van der Waals surface area contributed by atoms with Crippen LogP contribution < -0.4 is 4.74 Å². The molecule has 0 radical (unpaired) electrons. The van der Waals surface area contributed by atoms with Crippen molar-refractivity contribution in [3.63, 3.8) is 0 Å². The second-order valence-electron chi connectivity index (χ2n) is 5.76. The van der Waals surface area contributed by atoms with Gasteiger partial charge in [-0.05, 0) is 25.0 Å². The highest BCUT2D eigenvalue weighted by atomic mass is 32.2. The maximum Gasteiger partial charge on any atom is 0.217 e. The molecule has 0 spiro atoms. The standard InChI is InChI=1S/C14H17N5O3S/c20-23(21,12-3-4-12)18-6-7-19-14(9-18)13(16-17-19)10-22-11-2-1-5-15-8-11/h1-2,5,8,12H,3-4,6-7,9-10H2. The first-order valence-electron chi connectivity index (χ1n) is 7.57. The predicted molar refractivity (Wildman–Crippen MR) is 80.9 cm³/mol. The smallest absolute Gasteiger partial charge is 0.217 e. The van der Waals surface area contributed by atoms with Gasteiger partial charge < -0.3 is 4.74 Å². The van der Waals surface area contributed by atoms with Crippen LogP contribution in [0.2, 0.25) is 0 Å². The lowest BCUT2D eigenvalue weighted by molar-refractivity contribution is 0.290. The third-order valence-electron chi connectivity index (χ3n) is 4.12. The van der Waals surface area contributed by atoms with E-state index in [1.54, 1.807) is 27.4 Å². The molecular weight excluding hydrogens is 318 g/mol. The van der Waals surface area contributed by atoms with Crippen LogP contribution in [0, 0.1) is 0 Å². The fraction of sp³-hybridized carbons (Fsp3) is 0.500. The van der Waals surface area contributed by atoms with Gasteiger partial charge in [0.1, 0.15) is 18.1 Å². The Bertz CT molecular complexity index is 801. The summed E-state index contributed by atoms with van der Waals surface area (Å²) in [6.45, 7) is 1.55. The van der Waals surface area contributed by atoms with Gasteiger partial charge in [0.15, 0.2) is 0 Å². The van der Waals surface area contributed by atoms with Crippen LogP contribution in [0.25, 0.3) is 0 Å². The number of pyridine rings is 1. The second-order valence-corrected chi connectivity index (χ2v) is 7.97. The van der Waals surface area contributed by atoms with Gasteiger partial charge >= 0.3 is 0 Å². The van der Waals surface area contributed by atoms with Gasteiger partial charge in [-0.25, -0.2) is 13.1 Å². The molecule has 0 atom stereocenters. The van der Waals surface area contributed by atoms with E-state index in [0.29, 0.717) is 31.1 Å². The van der Waals surface area contributed by atoms with E-state index >= 15 is 0 Å². The fourth-order valence-corrected chi connectivity index (χ4v) is 4.46. The van der Waals surface area contributed by atoms with Crippen LogP contribution in [0.1, 0.15) is 24.2 Å². The molecule has 2 aromatic heterocycles. The first-order chi connectivity index (χ1) is 11.1. The Labute approximate surface area is 134 Å². The van der Waals surface area contributed by atoms with Crippen molar-refractivity contribution in [1.29, 1.82) is 0 Å². The van der Waals surface area contributed by atoms with Crippen LogP contribution in [0.4, 0.5) is 0 Å². The van der Waals surface area contributed by atoms with Crippen molar-refractivity contribution in [2.24, 2.45) is 0 Å². The summed E-state index contributed by atoms with van der Waals surface area (Å²) in [4.78, 5) is 3.99. The first kappa shape index (κ1) is 14.6. The molecule has 0 N–H and O–H groups in total. The molecule has 2 aromatic rings. The van der Waals surface area contributed by atoms with E-state index in [-0.39, 0.29) is 11.9 Å². The minimum absolute atomic E-state index is 0.194. The summed E-state index contributed by atoms with van der Waals surface area (Å²) in [5.41, 5.74) is 1.48. The number of aromatic nitrogens is 4. The molecule has 1 fully saturated rings. The van der Waals surface area contributed by atoms with Crippen molar-refractivity contribution in [3.05, 3.63) is 35.9 Å². The summed E-state index contributed by atoms with van der Waals surface area (Å²) in [6.07, 6.45) is 4.84. The van der Waals surface area contributed by atoms with Crippen molar-refractivity contribution >= 4 is 10.0 Å². The Morgan fingerprint density at radius 3 is 2.91 bits per heavy atom. The molecule has 1 aliphatic carbocycles. The number of nitrogens with zero attached hydrogens (tertiary/aromatic N) is 5. The van der Waals surface area contributed by atoms with Crippen LogP contribution in [0.15, 0.2) is 24.5 Å². The zero-order valence-electron chi connectivity index (χ0n) is 12.5. The molecule has 1 saturated carbocycles. The Kier molecular flexibility index (Phi) is 3.53. The van der Waals surface area contributed by atoms with Crippen molar-refractivity contribution in [2.75, 3.05) is 6.54 Å². The largest absolute Gasteiger partial charge is 0.486 e. The van der Waals surface area contributed by atoms with Gasteiger partial charge in [-0.1, -0.05) is 5.21 Å². The normalized spacial score (nSPS) is 18.6. The molecule has 0 aromatic carbocycles. The fourth-order valence-electron chi connectivity index (χ4n) is 2.66. The van der Waals surface area contributed by atoms with Crippen LogP contribution >= 0.6 is 0 Å². The maximum absolute atomic E-state index is 12.4. The molecule has 9 heteroatoms. The average molecular weight is 335 g/mol. The minimum atomic E-state index is -3.18. The predicted octanol–water partition coefficient (Wildman–Crippen LogP) is 0.560. The molecular formula is C14H17N5O3S. The van der Waals surface area contributed by atoms with E-state index in [4.69, 9.17) is 4.74 Å². The van der Waals surface area contributed by atoms with E-state index in [9.17, 15) is 8.42 Å². The second kappa shape index (κ2) is 5.57. The van der Waals surface area contributed by atoms with Crippen molar-refractivity contribution in [3.8, 4) is 5.75 Å². The lowest BCUT2D eigenvalue weighted by Gasteiger charge is -2.27. The number of ether oxygens (including phenoxy) is 1. The summed E-state index contributed by atoms with van der Waals surface area (Å²) in [6, 6.07) is 3.60. The number of rotatable bonds is 5. The Morgan fingerprint density at radius 1 is 1.30 bits per heavy atom. The lowest BCUT2D eigenvalue weighted by Crippen LogP contribution is -2.40. The molecule has 2 aliphatic rings.